The van der Waals surface area contributed by atoms with Gasteiger partial charge in [0.25, 0.3) is 0 Å². The summed E-state index contributed by atoms with van der Waals surface area (Å²) in [6, 6.07) is -1.18. The van der Waals surface area contributed by atoms with E-state index in [1.54, 1.807) is 4.90 Å². The number of hydrogen-bond donors (Lipinski definition) is 2. The second-order valence-electron chi connectivity index (χ2n) is 4.77. The highest BCUT2D eigenvalue weighted by Crippen LogP contribution is 2.11. The van der Waals surface area contributed by atoms with E-state index in [0.29, 0.717) is 26.2 Å². The summed E-state index contributed by atoms with van der Waals surface area (Å²) < 4.78 is 5.25. The highest BCUT2D eigenvalue weighted by atomic mass is 16.5. The van der Waals surface area contributed by atoms with Gasteiger partial charge in [-0.2, -0.15) is 0 Å². The molecule has 6 heteroatoms. The van der Waals surface area contributed by atoms with Crippen LogP contribution in [-0.4, -0.2) is 53.8 Å². The number of nitrogens with zero attached hydrogens (tertiary/aromatic N) is 1. The largest absolute Gasteiger partial charge is 0.480 e. The number of carbonyl (C=O) groups is 2. The van der Waals surface area contributed by atoms with Gasteiger partial charge in [-0.05, 0) is 12.8 Å². The quantitative estimate of drug-likeness (QED) is 0.785. The topological polar surface area (TPSA) is 78.9 Å². The maximum atomic E-state index is 12.0. The number of carboxylic acid groups (broad SMARTS) is 1. The number of carbonyl (C=O) groups excluding carboxylic acids is 1. The van der Waals surface area contributed by atoms with Crippen LogP contribution in [0.15, 0.2) is 0 Å². The number of urea groups is 1. The van der Waals surface area contributed by atoms with Gasteiger partial charge in [0.05, 0.1) is 19.3 Å². The molecule has 0 bridgehead atoms. The van der Waals surface area contributed by atoms with E-state index in [1.165, 1.54) is 0 Å². The molecule has 18 heavy (non-hydrogen) atoms. The van der Waals surface area contributed by atoms with Crippen LogP contribution in [0.5, 0.6) is 0 Å². The molecule has 0 aromatic carbocycles. The van der Waals surface area contributed by atoms with Crippen LogP contribution in [0.25, 0.3) is 0 Å². The molecule has 2 unspecified atom stereocenters. The average molecular weight is 258 g/mol. The molecule has 6 nitrogen and oxygen atoms in total. The lowest BCUT2D eigenvalue weighted by atomic mass is 9.99. The fourth-order valence-electron chi connectivity index (χ4n) is 1.93. The third-order valence-corrected chi connectivity index (χ3v) is 3.39. The lowest BCUT2D eigenvalue weighted by Crippen LogP contribution is -2.56. The van der Waals surface area contributed by atoms with Crippen molar-refractivity contribution >= 4 is 12.0 Å². The molecule has 1 rings (SSSR count). The third kappa shape index (κ3) is 3.60. The first-order valence-electron chi connectivity index (χ1n) is 6.35. The molecule has 2 N–H and O–H groups in total. The molecule has 0 saturated carbocycles. The molecular weight excluding hydrogens is 236 g/mol. The molecular formula is C12H22N2O4. The van der Waals surface area contributed by atoms with Crippen molar-refractivity contribution in [1.82, 2.24) is 10.2 Å². The van der Waals surface area contributed by atoms with Gasteiger partial charge in [-0.15, -0.1) is 0 Å². The van der Waals surface area contributed by atoms with Crippen molar-refractivity contribution in [1.29, 1.82) is 0 Å². The van der Waals surface area contributed by atoms with Crippen molar-refractivity contribution in [2.75, 3.05) is 19.8 Å². The summed E-state index contributed by atoms with van der Waals surface area (Å²) in [6.45, 7) is 7.11. The van der Waals surface area contributed by atoms with E-state index in [1.807, 2.05) is 20.8 Å². The van der Waals surface area contributed by atoms with Gasteiger partial charge >= 0.3 is 12.0 Å². The van der Waals surface area contributed by atoms with Crippen LogP contribution in [0.3, 0.4) is 0 Å². The average Bonchev–Trinajstić information content (AvgIpc) is 2.35. The number of amides is 2. The van der Waals surface area contributed by atoms with Crippen molar-refractivity contribution in [2.24, 2.45) is 5.92 Å². The molecule has 0 aromatic rings. The van der Waals surface area contributed by atoms with Crippen LogP contribution >= 0.6 is 0 Å². The predicted molar refractivity (Wildman–Crippen MR) is 66.4 cm³/mol. The Labute approximate surface area is 107 Å². The zero-order valence-corrected chi connectivity index (χ0v) is 11.2. The van der Waals surface area contributed by atoms with Crippen LogP contribution in [-0.2, 0) is 9.53 Å². The molecule has 2 amide bonds. The van der Waals surface area contributed by atoms with E-state index < -0.39 is 12.0 Å². The fourth-order valence-corrected chi connectivity index (χ4v) is 1.93. The number of ether oxygens (including phenoxy) is 1. The van der Waals surface area contributed by atoms with Crippen molar-refractivity contribution in [3.63, 3.8) is 0 Å². The molecule has 3 atom stereocenters. The summed E-state index contributed by atoms with van der Waals surface area (Å²) in [5, 5.41) is 11.7. The van der Waals surface area contributed by atoms with E-state index in [0.717, 1.165) is 0 Å². The number of nitrogens with one attached hydrogen (secondary N) is 1. The van der Waals surface area contributed by atoms with E-state index >= 15 is 0 Å². The first-order valence-corrected chi connectivity index (χ1v) is 6.35. The molecule has 104 valence electrons. The van der Waals surface area contributed by atoms with Gasteiger partial charge in [-0.3, -0.25) is 0 Å². The molecule has 1 saturated heterocycles. The monoisotopic (exact) mass is 258 g/mol. The Morgan fingerprint density at radius 2 is 2.22 bits per heavy atom. The van der Waals surface area contributed by atoms with Crippen LogP contribution in [0.1, 0.15) is 27.2 Å². The summed E-state index contributed by atoms with van der Waals surface area (Å²) in [5.41, 5.74) is 0. The van der Waals surface area contributed by atoms with Gasteiger partial charge in [0, 0.05) is 6.54 Å². The van der Waals surface area contributed by atoms with Gasteiger partial charge in [-0.25, -0.2) is 9.59 Å². The van der Waals surface area contributed by atoms with Crippen molar-refractivity contribution in [3.8, 4) is 0 Å². The second-order valence-corrected chi connectivity index (χ2v) is 4.77. The van der Waals surface area contributed by atoms with Gasteiger partial charge in [0.1, 0.15) is 6.04 Å². The van der Waals surface area contributed by atoms with Crippen LogP contribution in [0.4, 0.5) is 4.79 Å². The summed E-state index contributed by atoms with van der Waals surface area (Å²) in [6.07, 6.45) is 0.704. The zero-order chi connectivity index (χ0) is 13.7. The van der Waals surface area contributed by atoms with E-state index in [2.05, 4.69) is 5.32 Å². The maximum Gasteiger partial charge on any atom is 0.326 e. The molecule has 0 radical (unpaired) electrons. The van der Waals surface area contributed by atoms with Crippen LogP contribution < -0.4 is 5.32 Å². The molecule has 1 fully saturated rings. The second kappa shape index (κ2) is 6.58. The van der Waals surface area contributed by atoms with Gasteiger partial charge < -0.3 is 20.1 Å². The molecule has 0 spiro atoms. The molecule has 0 aromatic heterocycles. The number of morpholine rings is 1. The summed E-state index contributed by atoms with van der Waals surface area (Å²) in [5.74, 6) is -1.08. The molecule has 1 heterocycles. The third-order valence-electron chi connectivity index (χ3n) is 3.39. The summed E-state index contributed by atoms with van der Waals surface area (Å²) in [4.78, 5) is 24.8. The Morgan fingerprint density at radius 1 is 1.56 bits per heavy atom. The first-order chi connectivity index (χ1) is 8.47. The Bertz CT molecular complexity index is 308. The Balaban J connectivity index is 2.63. The van der Waals surface area contributed by atoms with E-state index in [9.17, 15) is 9.59 Å². The number of aliphatic carboxylic acids is 1. The van der Waals surface area contributed by atoms with Gasteiger partial charge in [-0.1, -0.05) is 20.3 Å². The molecule has 0 aliphatic carbocycles. The lowest BCUT2D eigenvalue weighted by Gasteiger charge is -2.34. The molecule has 1 aliphatic heterocycles. The fraction of sp³-hybridized carbons (Fsp3) is 0.833. The number of rotatable bonds is 4. The smallest absolute Gasteiger partial charge is 0.326 e. The Kier molecular flexibility index (Phi) is 5.40. The van der Waals surface area contributed by atoms with E-state index in [-0.39, 0.29) is 18.0 Å². The minimum Gasteiger partial charge on any atom is -0.480 e. The minimum atomic E-state index is -0.987. The highest BCUT2D eigenvalue weighted by molar-refractivity contribution is 5.83. The first kappa shape index (κ1) is 14.8. The normalized spacial score (nSPS) is 23.3. The predicted octanol–water partition coefficient (Wildman–Crippen LogP) is 0.916. The summed E-state index contributed by atoms with van der Waals surface area (Å²) >= 11 is 0. The van der Waals surface area contributed by atoms with Crippen molar-refractivity contribution < 1.29 is 19.4 Å². The maximum absolute atomic E-state index is 12.0. The highest BCUT2D eigenvalue weighted by Gasteiger charge is 2.30. The summed E-state index contributed by atoms with van der Waals surface area (Å²) in [7, 11) is 0. The van der Waals surface area contributed by atoms with Gasteiger partial charge in [0.2, 0.25) is 0 Å². The van der Waals surface area contributed by atoms with Crippen LogP contribution in [0.2, 0.25) is 0 Å². The lowest BCUT2D eigenvalue weighted by molar-refractivity contribution is -0.140. The zero-order valence-electron chi connectivity index (χ0n) is 11.2. The van der Waals surface area contributed by atoms with Crippen molar-refractivity contribution in [3.05, 3.63) is 0 Å². The Hall–Kier alpha value is -1.30. The van der Waals surface area contributed by atoms with E-state index in [4.69, 9.17) is 9.84 Å². The SMILES string of the molecule is CCC(C)[C@H](NC(=O)N1CCOCC1C)C(=O)O. The standard InChI is InChI=1S/C12H22N2O4/c1-4-8(2)10(11(15)16)13-12(17)14-5-6-18-7-9(14)3/h8-10H,4-7H2,1-3H3,(H,13,17)(H,15,16)/t8?,9?,10-/m0/s1. The number of carboxylic acids is 1. The van der Waals surface area contributed by atoms with Gasteiger partial charge in [0.15, 0.2) is 0 Å². The van der Waals surface area contributed by atoms with Crippen LogP contribution in [0, 0.1) is 5.92 Å². The molecule has 1 aliphatic rings. The minimum absolute atomic E-state index is 0.0230. The van der Waals surface area contributed by atoms with Crippen molar-refractivity contribution in [2.45, 2.75) is 39.3 Å². The Morgan fingerprint density at radius 3 is 2.72 bits per heavy atom. The number of hydrogen-bond acceptors (Lipinski definition) is 3.